The highest BCUT2D eigenvalue weighted by Gasteiger charge is 2.35. The van der Waals surface area contributed by atoms with Crippen LogP contribution < -0.4 is 0 Å². The lowest BCUT2D eigenvalue weighted by Gasteiger charge is -2.05. The van der Waals surface area contributed by atoms with Gasteiger partial charge in [-0.1, -0.05) is 19.4 Å². The van der Waals surface area contributed by atoms with E-state index in [0.29, 0.717) is 0 Å². The fourth-order valence-corrected chi connectivity index (χ4v) is 0.516. The number of hydrogen-bond acceptors (Lipinski definition) is 1. The van der Waals surface area contributed by atoms with Gasteiger partial charge in [0, 0.05) is 6.20 Å². The summed E-state index contributed by atoms with van der Waals surface area (Å²) in [6.45, 7) is 8.28. The summed E-state index contributed by atoms with van der Waals surface area (Å²) in [5.74, 6) is -1.05. The first-order valence-corrected chi connectivity index (χ1v) is 4.07. The van der Waals surface area contributed by atoms with Crippen LogP contribution in [0.25, 0.3) is 0 Å². The molecule has 0 aliphatic heterocycles. The third kappa shape index (κ3) is 4.20. The average molecular weight is 206 g/mol. The highest BCUT2D eigenvalue weighted by molar-refractivity contribution is 5.91. The number of allylic oxidation sites excluding steroid dienone is 1. The van der Waals surface area contributed by atoms with Crippen LogP contribution in [0.4, 0.5) is 13.2 Å². The molecule has 0 aromatic carbocycles. The fraction of sp³-hybridized carbons (Fsp3) is 0.556. The quantitative estimate of drug-likeness (QED) is 0.489. The van der Waals surface area contributed by atoms with E-state index >= 15 is 0 Å². The van der Waals surface area contributed by atoms with Gasteiger partial charge in [0.15, 0.2) is 0 Å². The van der Waals surface area contributed by atoms with Crippen molar-refractivity contribution in [3.05, 3.63) is 11.8 Å². The third-order valence-electron chi connectivity index (χ3n) is 1.70. The van der Waals surface area contributed by atoms with Gasteiger partial charge in [-0.25, -0.2) is 9.98 Å². The second-order valence-electron chi connectivity index (χ2n) is 3.14. The molecule has 80 valence electrons. The Morgan fingerprint density at radius 1 is 1.36 bits per heavy atom. The highest BCUT2D eigenvalue weighted by Crippen LogP contribution is 2.18. The first-order chi connectivity index (χ1) is 6.29. The van der Waals surface area contributed by atoms with Crippen molar-refractivity contribution in [3.63, 3.8) is 0 Å². The Hall–Kier alpha value is -1.13. The van der Waals surface area contributed by atoms with E-state index in [2.05, 4.69) is 16.7 Å². The van der Waals surface area contributed by atoms with Crippen molar-refractivity contribution in [1.29, 1.82) is 0 Å². The second-order valence-corrected chi connectivity index (χ2v) is 3.14. The summed E-state index contributed by atoms with van der Waals surface area (Å²) in [5, 5.41) is 0. The summed E-state index contributed by atoms with van der Waals surface area (Å²) in [4.78, 5) is 6.06. The van der Waals surface area contributed by atoms with Crippen molar-refractivity contribution < 1.29 is 13.2 Å². The molecule has 0 aromatic heterocycles. The van der Waals surface area contributed by atoms with E-state index in [1.807, 2.05) is 13.8 Å². The minimum atomic E-state index is -4.53. The van der Waals surface area contributed by atoms with Crippen molar-refractivity contribution in [2.45, 2.75) is 26.9 Å². The zero-order valence-electron chi connectivity index (χ0n) is 8.39. The Bertz CT molecular complexity index is 262. The van der Waals surface area contributed by atoms with Crippen LogP contribution >= 0.6 is 0 Å². The SMILES string of the molecule is C=NC(=N/C=C(\C)C(C)C)C(F)(F)F. The van der Waals surface area contributed by atoms with Gasteiger partial charge in [0.25, 0.3) is 0 Å². The molecule has 0 aromatic rings. The zero-order chi connectivity index (χ0) is 11.4. The standard InChI is InChI=1S/C9H13F3N2/c1-6(2)7(3)5-14-8(13-4)9(10,11)12/h5-6H,4H2,1-3H3/b7-5+,14-8?. The van der Waals surface area contributed by atoms with Crippen molar-refractivity contribution in [3.8, 4) is 0 Å². The number of halogens is 3. The van der Waals surface area contributed by atoms with E-state index in [-0.39, 0.29) is 5.92 Å². The Morgan fingerprint density at radius 3 is 2.14 bits per heavy atom. The molecule has 0 unspecified atom stereocenters. The topological polar surface area (TPSA) is 24.7 Å². The molecule has 0 rings (SSSR count). The highest BCUT2D eigenvalue weighted by atomic mass is 19.4. The first kappa shape index (κ1) is 12.9. The van der Waals surface area contributed by atoms with Gasteiger partial charge in [-0.15, -0.1) is 0 Å². The Morgan fingerprint density at radius 2 is 1.86 bits per heavy atom. The summed E-state index contributed by atoms with van der Waals surface area (Å²) in [6, 6.07) is 0. The van der Waals surface area contributed by atoms with Crippen LogP contribution in [0.15, 0.2) is 21.8 Å². The minimum absolute atomic E-state index is 0.165. The summed E-state index contributed by atoms with van der Waals surface area (Å²) in [5.41, 5.74) is 0.760. The smallest absolute Gasteiger partial charge is 0.241 e. The molecule has 0 amide bonds. The van der Waals surface area contributed by atoms with Crippen LogP contribution in [0.3, 0.4) is 0 Å². The monoisotopic (exact) mass is 206 g/mol. The molecule has 0 fully saturated rings. The summed E-state index contributed by atoms with van der Waals surface area (Å²) in [6.07, 6.45) is -3.36. The van der Waals surface area contributed by atoms with Gasteiger partial charge < -0.3 is 0 Å². The van der Waals surface area contributed by atoms with E-state index in [9.17, 15) is 13.2 Å². The maximum atomic E-state index is 12.1. The van der Waals surface area contributed by atoms with Gasteiger partial charge in [0.1, 0.15) is 0 Å². The van der Waals surface area contributed by atoms with E-state index in [1.54, 1.807) is 6.92 Å². The van der Waals surface area contributed by atoms with Crippen LogP contribution in [-0.4, -0.2) is 18.7 Å². The second kappa shape index (κ2) is 4.93. The lowest BCUT2D eigenvalue weighted by atomic mass is 10.1. The Balaban J connectivity index is 4.81. The minimum Gasteiger partial charge on any atom is -0.241 e. The van der Waals surface area contributed by atoms with Gasteiger partial charge in [-0.3, -0.25) is 0 Å². The van der Waals surface area contributed by atoms with Crippen LogP contribution in [0.1, 0.15) is 20.8 Å². The number of alkyl halides is 3. The van der Waals surface area contributed by atoms with Gasteiger partial charge in [0.05, 0.1) is 0 Å². The van der Waals surface area contributed by atoms with E-state index in [4.69, 9.17) is 0 Å². The normalized spacial score (nSPS) is 14.8. The zero-order valence-corrected chi connectivity index (χ0v) is 8.39. The lowest BCUT2D eigenvalue weighted by molar-refractivity contribution is -0.0596. The summed E-state index contributed by atoms with van der Waals surface area (Å²) in [7, 11) is 0. The number of amidine groups is 1. The molecule has 5 heteroatoms. The molecule has 0 aliphatic carbocycles. The predicted octanol–water partition coefficient (Wildman–Crippen LogP) is 3.21. The Kier molecular flexibility index (Phi) is 4.53. The van der Waals surface area contributed by atoms with Crippen LogP contribution in [0.2, 0.25) is 0 Å². The molecule has 0 heterocycles. The molecule has 0 radical (unpaired) electrons. The fourth-order valence-electron chi connectivity index (χ4n) is 0.516. The van der Waals surface area contributed by atoms with Gasteiger partial charge in [-0.2, -0.15) is 13.2 Å². The lowest BCUT2D eigenvalue weighted by Crippen LogP contribution is -2.20. The van der Waals surface area contributed by atoms with E-state index < -0.39 is 12.0 Å². The third-order valence-corrected chi connectivity index (χ3v) is 1.70. The maximum Gasteiger partial charge on any atom is 0.451 e. The van der Waals surface area contributed by atoms with Crippen molar-refractivity contribution >= 4 is 12.6 Å². The molecule has 2 nitrogen and oxygen atoms in total. The maximum absolute atomic E-state index is 12.1. The molecular formula is C9H13F3N2. The van der Waals surface area contributed by atoms with Crippen LogP contribution in [0, 0.1) is 5.92 Å². The molecule has 14 heavy (non-hydrogen) atoms. The molecule has 0 spiro atoms. The first-order valence-electron chi connectivity index (χ1n) is 4.07. The van der Waals surface area contributed by atoms with Crippen molar-refractivity contribution in [1.82, 2.24) is 0 Å². The number of hydrogen-bond donors (Lipinski definition) is 0. The number of aliphatic imine (C=N–C) groups is 2. The molecular weight excluding hydrogens is 193 g/mol. The molecule has 0 N–H and O–H groups in total. The molecule has 0 bridgehead atoms. The number of rotatable bonds is 2. The summed E-state index contributed by atoms with van der Waals surface area (Å²) >= 11 is 0. The molecule has 0 saturated carbocycles. The van der Waals surface area contributed by atoms with Crippen LogP contribution in [0.5, 0.6) is 0 Å². The predicted molar refractivity (Wildman–Crippen MR) is 51.6 cm³/mol. The molecule has 0 saturated heterocycles. The van der Waals surface area contributed by atoms with Gasteiger partial charge in [0.2, 0.25) is 5.84 Å². The van der Waals surface area contributed by atoms with Crippen molar-refractivity contribution in [2.75, 3.05) is 0 Å². The number of nitrogens with zero attached hydrogens (tertiary/aromatic N) is 2. The Labute approximate surface area is 81.3 Å². The van der Waals surface area contributed by atoms with Crippen LogP contribution in [-0.2, 0) is 0 Å². The van der Waals surface area contributed by atoms with Crippen molar-refractivity contribution in [2.24, 2.45) is 15.9 Å². The van der Waals surface area contributed by atoms with E-state index in [1.165, 1.54) is 6.20 Å². The van der Waals surface area contributed by atoms with E-state index in [0.717, 1.165) is 5.57 Å². The van der Waals surface area contributed by atoms with Gasteiger partial charge in [-0.05, 0) is 19.6 Å². The molecule has 0 atom stereocenters. The van der Waals surface area contributed by atoms with Gasteiger partial charge >= 0.3 is 6.18 Å². The average Bonchev–Trinajstić information content (AvgIpc) is 2.02. The largest absolute Gasteiger partial charge is 0.451 e. The molecule has 0 aliphatic rings. The summed E-state index contributed by atoms with van der Waals surface area (Å²) < 4.78 is 36.2.